The first-order chi connectivity index (χ1) is 12.6. The lowest BCUT2D eigenvalue weighted by molar-refractivity contribution is -0.134. The molecule has 9 heteroatoms. The van der Waals surface area contributed by atoms with Gasteiger partial charge in [-0.05, 0) is 31.4 Å². The van der Waals surface area contributed by atoms with Crippen LogP contribution in [-0.4, -0.2) is 61.8 Å². The number of carbonyl (C=O) groups excluding carboxylic acids is 2. The highest BCUT2D eigenvalue weighted by Gasteiger charge is 2.33. The van der Waals surface area contributed by atoms with Crippen LogP contribution >= 0.6 is 0 Å². The summed E-state index contributed by atoms with van der Waals surface area (Å²) in [6.45, 7) is 6.79. The van der Waals surface area contributed by atoms with Gasteiger partial charge in [0.2, 0.25) is 15.9 Å². The summed E-state index contributed by atoms with van der Waals surface area (Å²) < 4.78 is 26.9. The lowest BCUT2D eigenvalue weighted by Crippen LogP contribution is -2.56. The van der Waals surface area contributed by atoms with Crippen molar-refractivity contribution in [2.45, 2.75) is 38.1 Å². The molecule has 8 nitrogen and oxygen atoms in total. The van der Waals surface area contributed by atoms with Gasteiger partial charge < -0.3 is 16.0 Å². The van der Waals surface area contributed by atoms with Crippen LogP contribution < -0.4 is 11.1 Å². The van der Waals surface area contributed by atoms with Crippen LogP contribution in [-0.2, 0) is 14.8 Å². The summed E-state index contributed by atoms with van der Waals surface area (Å²) >= 11 is 0. The van der Waals surface area contributed by atoms with Gasteiger partial charge in [0.25, 0.3) is 0 Å². The third kappa shape index (κ3) is 5.43. The summed E-state index contributed by atoms with van der Waals surface area (Å²) in [6, 6.07) is 5.28. The zero-order valence-corrected chi connectivity index (χ0v) is 16.8. The molecule has 0 unspecified atom stereocenters. The summed E-state index contributed by atoms with van der Waals surface area (Å²) in [7, 11) is -3.58. The van der Waals surface area contributed by atoms with Crippen LogP contribution in [0, 0.1) is 12.8 Å². The second-order valence-corrected chi connectivity index (χ2v) is 9.17. The van der Waals surface area contributed by atoms with E-state index in [4.69, 9.17) is 5.73 Å². The molecule has 1 aliphatic heterocycles. The largest absolute Gasteiger partial charge is 0.352 e. The lowest BCUT2D eigenvalue weighted by atomic mass is 10.0. The van der Waals surface area contributed by atoms with Crippen molar-refractivity contribution >= 4 is 22.0 Å². The van der Waals surface area contributed by atoms with E-state index in [2.05, 4.69) is 5.32 Å². The molecular formula is C18H28N4O4S. The van der Waals surface area contributed by atoms with Crippen LogP contribution in [0.5, 0.6) is 0 Å². The number of hydrogen-bond donors (Lipinski definition) is 2. The second kappa shape index (κ2) is 8.71. The number of nitrogens with two attached hydrogens (primary N) is 1. The highest BCUT2D eigenvalue weighted by molar-refractivity contribution is 7.89. The molecule has 1 aromatic carbocycles. The topological polar surface area (TPSA) is 113 Å². The Balaban J connectivity index is 2.03. The number of rotatable bonds is 6. The number of carbonyl (C=O) groups is 2. The quantitative estimate of drug-likeness (QED) is 0.744. The molecule has 1 fully saturated rings. The van der Waals surface area contributed by atoms with E-state index in [0.717, 1.165) is 5.56 Å². The van der Waals surface area contributed by atoms with Gasteiger partial charge in [-0.15, -0.1) is 0 Å². The van der Waals surface area contributed by atoms with Crippen LogP contribution in [0.2, 0.25) is 0 Å². The van der Waals surface area contributed by atoms with Gasteiger partial charge in [0, 0.05) is 26.2 Å². The van der Waals surface area contributed by atoms with Crippen molar-refractivity contribution < 1.29 is 18.0 Å². The normalized spacial score (nSPS) is 17.0. The molecule has 1 aromatic rings. The number of urea groups is 1. The first kappa shape index (κ1) is 21.2. The predicted molar refractivity (Wildman–Crippen MR) is 102 cm³/mol. The highest BCUT2D eigenvalue weighted by Crippen LogP contribution is 2.19. The first-order valence-corrected chi connectivity index (χ1v) is 10.5. The Labute approximate surface area is 160 Å². The molecule has 1 saturated heterocycles. The Morgan fingerprint density at radius 3 is 2.15 bits per heavy atom. The third-order valence-electron chi connectivity index (χ3n) is 4.53. The van der Waals surface area contributed by atoms with E-state index < -0.39 is 22.1 Å². The molecule has 1 heterocycles. The van der Waals surface area contributed by atoms with Crippen molar-refractivity contribution in [1.29, 1.82) is 0 Å². The van der Waals surface area contributed by atoms with Gasteiger partial charge in [-0.3, -0.25) is 4.79 Å². The van der Waals surface area contributed by atoms with Gasteiger partial charge in [-0.25, -0.2) is 13.2 Å². The van der Waals surface area contributed by atoms with Crippen LogP contribution in [0.15, 0.2) is 29.2 Å². The highest BCUT2D eigenvalue weighted by atomic mass is 32.2. The average Bonchev–Trinajstić information content (AvgIpc) is 2.60. The fourth-order valence-electron chi connectivity index (χ4n) is 3.09. The minimum atomic E-state index is -3.58. The zero-order valence-electron chi connectivity index (χ0n) is 16.0. The second-order valence-electron chi connectivity index (χ2n) is 7.23. The molecule has 0 spiro atoms. The monoisotopic (exact) mass is 396 g/mol. The number of hydrogen-bond acceptors (Lipinski definition) is 4. The number of primary amides is 1. The molecule has 0 aliphatic carbocycles. The summed E-state index contributed by atoms with van der Waals surface area (Å²) in [4.78, 5) is 25.8. The van der Waals surface area contributed by atoms with Crippen LogP contribution in [0.25, 0.3) is 0 Å². The summed E-state index contributed by atoms with van der Waals surface area (Å²) in [6.07, 6.45) is 0.476. The zero-order chi connectivity index (χ0) is 20.2. The van der Waals surface area contributed by atoms with Crippen LogP contribution in [0.4, 0.5) is 4.79 Å². The van der Waals surface area contributed by atoms with Crippen LogP contribution in [0.3, 0.4) is 0 Å². The SMILES string of the molecule is Cc1ccc(S(=O)(=O)N2CCN(C(=O)[C@H](CC(C)C)NC(N)=O)CC2)cc1. The molecule has 1 atom stereocenters. The Kier molecular flexibility index (Phi) is 6.83. The number of nitrogens with one attached hydrogen (secondary N) is 1. The Hall–Kier alpha value is -2.13. The Bertz CT molecular complexity index is 769. The molecule has 27 heavy (non-hydrogen) atoms. The standard InChI is InChI=1S/C18H28N4O4S/c1-13(2)12-16(20-18(19)24)17(23)21-8-10-22(11-9-21)27(25,26)15-6-4-14(3)5-7-15/h4-7,13,16H,8-12H2,1-3H3,(H3,19,20,24)/t16-/m0/s1. The fourth-order valence-corrected chi connectivity index (χ4v) is 4.52. The molecule has 0 bridgehead atoms. The molecule has 0 saturated carbocycles. The Morgan fingerprint density at radius 1 is 1.11 bits per heavy atom. The number of aryl methyl sites for hydroxylation is 1. The lowest BCUT2D eigenvalue weighted by Gasteiger charge is -2.36. The first-order valence-electron chi connectivity index (χ1n) is 9.03. The van der Waals surface area contributed by atoms with E-state index in [0.29, 0.717) is 6.42 Å². The molecule has 3 N–H and O–H groups in total. The molecule has 2 rings (SSSR count). The van der Waals surface area contributed by atoms with Crippen molar-refractivity contribution in [3.63, 3.8) is 0 Å². The maximum absolute atomic E-state index is 12.7. The van der Waals surface area contributed by atoms with Crippen molar-refractivity contribution in [2.24, 2.45) is 11.7 Å². The molecular weight excluding hydrogens is 368 g/mol. The summed E-state index contributed by atoms with van der Waals surface area (Å²) in [5.41, 5.74) is 6.17. The maximum atomic E-state index is 12.7. The number of piperazine rings is 1. The number of amides is 3. The van der Waals surface area contributed by atoms with Crippen molar-refractivity contribution in [3.05, 3.63) is 29.8 Å². The average molecular weight is 397 g/mol. The van der Waals surface area contributed by atoms with E-state index in [-0.39, 0.29) is 42.9 Å². The smallest absolute Gasteiger partial charge is 0.312 e. The van der Waals surface area contributed by atoms with E-state index in [9.17, 15) is 18.0 Å². The van der Waals surface area contributed by atoms with E-state index in [1.54, 1.807) is 29.2 Å². The minimum Gasteiger partial charge on any atom is -0.352 e. The van der Waals surface area contributed by atoms with Crippen molar-refractivity contribution in [3.8, 4) is 0 Å². The van der Waals surface area contributed by atoms with Gasteiger partial charge in [-0.1, -0.05) is 31.5 Å². The minimum absolute atomic E-state index is 0.203. The van der Waals surface area contributed by atoms with Gasteiger partial charge in [0.05, 0.1) is 4.90 Å². The van der Waals surface area contributed by atoms with E-state index >= 15 is 0 Å². The van der Waals surface area contributed by atoms with Crippen molar-refractivity contribution in [1.82, 2.24) is 14.5 Å². The number of benzene rings is 1. The molecule has 0 radical (unpaired) electrons. The predicted octanol–water partition coefficient (Wildman–Crippen LogP) is 0.911. The van der Waals surface area contributed by atoms with Crippen molar-refractivity contribution in [2.75, 3.05) is 26.2 Å². The van der Waals surface area contributed by atoms with E-state index in [1.165, 1.54) is 4.31 Å². The fraction of sp³-hybridized carbons (Fsp3) is 0.556. The number of nitrogens with zero attached hydrogens (tertiary/aromatic N) is 2. The third-order valence-corrected chi connectivity index (χ3v) is 6.44. The molecule has 0 aromatic heterocycles. The molecule has 1 aliphatic rings. The molecule has 150 valence electrons. The molecule has 3 amide bonds. The summed E-state index contributed by atoms with van der Waals surface area (Å²) in [5, 5.41) is 2.50. The van der Waals surface area contributed by atoms with Crippen LogP contribution in [0.1, 0.15) is 25.8 Å². The van der Waals surface area contributed by atoms with Gasteiger partial charge in [-0.2, -0.15) is 4.31 Å². The van der Waals surface area contributed by atoms with Gasteiger partial charge in [0.1, 0.15) is 6.04 Å². The summed E-state index contributed by atoms with van der Waals surface area (Å²) in [5.74, 6) is -0.0242. The maximum Gasteiger partial charge on any atom is 0.312 e. The number of sulfonamides is 1. The Morgan fingerprint density at radius 2 is 1.67 bits per heavy atom. The van der Waals surface area contributed by atoms with Gasteiger partial charge >= 0.3 is 6.03 Å². The van der Waals surface area contributed by atoms with Gasteiger partial charge in [0.15, 0.2) is 0 Å². The van der Waals surface area contributed by atoms with E-state index in [1.807, 2.05) is 20.8 Å².